The summed E-state index contributed by atoms with van der Waals surface area (Å²) in [4.78, 5) is 4.47. The molecule has 3 nitrogen and oxygen atoms in total. The van der Waals surface area contributed by atoms with Crippen molar-refractivity contribution in [3.05, 3.63) is 52.3 Å². The van der Waals surface area contributed by atoms with Crippen molar-refractivity contribution in [1.82, 2.24) is 10.3 Å². The van der Waals surface area contributed by atoms with Crippen LogP contribution in [-0.4, -0.2) is 11.5 Å². The first kappa shape index (κ1) is 16.0. The monoisotopic (exact) mass is 348 g/mol. The summed E-state index contributed by atoms with van der Waals surface area (Å²) < 4.78 is 6.91. The van der Waals surface area contributed by atoms with Gasteiger partial charge in [-0.3, -0.25) is 4.98 Å². The van der Waals surface area contributed by atoms with Crippen LogP contribution < -0.4 is 10.1 Å². The quantitative estimate of drug-likeness (QED) is 0.796. The highest BCUT2D eigenvalue weighted by molar-refractivity contribution is 9.10. The van der Waals surface area contributed by atoms with Crippen molar-refractivity contribution in [2.45, 2.75) is 33.2 Å². The minimum absolute atomic E-state index is 0.258. The van der Waals surface area contributed by atoms with Crippen LogP contribution in [0.4, 0.5) is 0 Å². The Kier molecular flexibility index (Phi) is 5.76. The SMILES string of the molecule is CCCNC(C)c1ccc(Oc2ccc(Br)c(C)c2)cn1. The third kappa shape index (κ3) is 4.55. The van der Waals surface area contributed by atoms with Gasteiger partial charge in [-0.05, 0) is 62.7 Å². The molecule has 0 aliphatic heterocycles. The lowest BCUT2D eigenvalue weighted by molar-refractivity contribution is 0.477. The summed E-state index contributed by atoms with van der Waals surface area (Å²) in [5.41, 5.74) is 2.18. The highest BCUT2D eigenvalue weighted by atomic mass is 79.9. The highest BCUT2D eigenvalue weighted by Crippen LogP contribution is 2.26. The molecule has 1 N–H and O–H groups in total. The summed E-state index contributed by atoms with van der Waals surface area (Å²) in [5.74, 6) is 1.57. The van der Waals surface area contributed by atoms with Gasteiger partial charge in [0.1, 0.15) is 11.5 Å². The number of ether oxygens (including phenoxy) is 1. The van der Waals surface area contributed by atoms with Gasteiger partial charge in [0.05, 0.1) is 11.9 Å². The van der Waals surface area contributed by atoms with Gasteiger partial charge >= 0.3 is 0 Å². The summed E-state index contributed by atoms with van der Waals surface area (Å²) in [7, 11) is 0. The molecule has 1 heterocycles. The minimum Gasteiger partial charge on any atom is -0.456 e. The van der Waals surface area contributed by atoms with Crippen LogP contribution in [-0.2, 0) is 0 Å². The Morgan fingerprint density at radius 3 is 2.62 bits per heavy atom. The maximum absolute atomic E-state index is 5.83. The predicted molar refractivity (Wildman–Crippen MR) is 89.9 cm³/mol. The van der Waals surface area contributed by atoms with E-state index in [2.05, 4.69) is 40.1 Å². The molecule has 0 amide bonds. The van der Waals surface area contributed by atoms with Gasteiger partial charge in [-0.15, -0.1) is 0 Å². The molecule has 0 aliphatic carbocycles. The Bertz CT molecular complexity index is 584. The first-order chi connectivity index (χ1) is 10.1. The third-order valence-corrected chi connectivity index (χ3v) is 4.16. The van der Waals surface area contributed by atoms with Crippen molar-refractivity contribution in [1.29, 1.82) is 0 Å². The number of nitrogens with zero attached hydrogens (tertiary/aromatic N) is 1. The molecule has 0 aliphatic rings. The molecule has 1 atom stereocenters. The fourth-order valence-corrected chi connectivity index (χ4v) is 2.24. The zero-order chi connectivity index (χ0) is 15.2. The zero-order valence-corrected chi connectivity index (χ0v) is 14.3. The van der Waals surface area contributed by atoms with E-state index in [1.54, 1.807) is 6.20 Å². The smallest absolute Gasteiger partial charge is 0.145 e. The Balaban J connectivity index is 2.03. The molecular formula is C17H21BrN2O. The number of pyridine rings is 1. The molecule has 0 radical (unpaired) electrons. The largest absolute Gasteiger partial charge is 0.456 e. The van der Waals surface area contributed by atoms with E-state index in [0.29, 0.717) is 0 Å². The average molecular weight is 349 g/mol. The fourth-order valence-electron chi connectivity index (χ4n) is 1.99. The van der Waals surface area contributed by atoms with Crippen LogP contribution in [0.2, 0.25) is 0 Å². The minimum atomic E-state index is 0.258. The first-order valence-electron chi connectivity index (χ1n) is 7.23. The van der Waals surface area contributed by atoms with Gasteiger partial charge in [0.2, 0.25) is 0 Å². The van der Waals surface area contributed by atoms with Crippen LogP contribution in [0.1, 0.15) is 37.6 Å². The second-order valence-electron chi connectivity index (χ2n) is 5.11. The summed E-state index contributed by atoms with van der Waals surface area (Å²) in [5, 5.41) is 3.42. The molecule has 2 rings (SSSR count). The Labute approximate surface area is 134 Å². The van der Waals surface area contributed by atoms with Crippen LogP contribution in [0.3, 0.4) is 0 Å². The number of halogens is 1. The summed E-state index contributed by atoms with van der Waals surface area (Å²) in [6.07, 6.45) is 2.89. The maximum atomic E-state index is 5.83. The molecule has 0 fully saturated rings. The summed E-state index contributed by atoms with van der Waals surface area (Å²) >= 11 is 3.49. The van der Waals surface area contributed by atoms with Gasteiger partial charge in [0.25, 0.3) is 0 Å². The van der Waals surface area contributed by atoms with Crippen LogP contribution in [0, 0.1) is 6.92 Å². The van der Waals surface area contributed by atoms with E-state index in [1.807, 2.05) is 37.3 Å². The number of rotatable bonds is 6. The van der Waals surface area contributed by atoms with E-state index in [4.69, 9.17) is 4.74 Å². The second kappa shape index (κ2) is 7.57. The highest BCUT2D eigenvalue weighted by Gasteiger charge is 2.06. The summed E-state index contributed by atoms with van der Waals surface area (Å²) in [6.45, 7) is 7.32. The molecule has 1 unspecified atom stereocenters. The van der Waals surface area contributed by atoms with Gasteiger partial charge in [0, 0.05) is 10.5 Å². The number of aromatic nitrogens is 1. The zero-order valence-electron chi connectivity index (χ0n) is 12.7. The van der Waals surface area contributed by atoms with Crippen molar-refractivity contribution in [3.63, 3.8) is 0 Å². The summed E-state index contributed by atoms with van der Waals surface area (Å²) in [6, 6.07) is 10.2. The van der Waals surface area contributed by atoms with Crippen LogP contribution in [0.5, 0.6) is 11.5 Å². The molecule has 2 aromatic rings. The fraction of sp³-hybridized carbons (Fsp3) is 0.353. The van der Waals surface area contributed by atoms with Gasteiger partial charge in [0.15, 0.2) is 0 Å². The molecule has 0 spiro atoms. The van der Waals surface area contributed by atoms with Gasteiger partial charge in [-0.2, -0.15) is 0 Å². The molecule has 4 heteroatoms. The third-order valence-electron chi connectivity index (χ3n) is 3.27. The standard InChI is InChI=1S/C17H21BrN2O/c1-4-9-19-13(3)17-8-6-15(11-20-17)21-14-5-7-16(18)12(2)10-14/h5-8,10-11,13,19H,4,9H2,1-3H3. The molecule has 1 aromatic heterocycles. The average Bonchev–Trinajstić information content (AvgIpc) is 2.49. The Morgan fingerprint density at radius 2 is 2.00 bits per heavy atom. The lowest BCUT2D eigenvalue weighted by atomic mass is 10.2. The van der Waals surface area contributed by atoms with E-state index < -0.39 is 0 Å². The Morgan fingerprint density at radius 1 is 1.24 bits per heavy atom. The van der Waals surface area contributed by atoms with Crippen molar-refractivity contribution < 1.29 is 4.74 Å². The number of aryl methyl sites for hydroxylation is 1. The van der Waals surface area contributed by atoms with Gasteiger partial charge in [-0.25, -0.2) is 0 Å². The molecule has 112 valence electrons. The van der Waals surface area contributed by atoms with E-state index in [1.165, 1.54) is 0 Å². The van der Waals surface area contributed by atoms with E-state index in [0.717, 1.165) is 40.2 Å². The number of hydrogen-bond donors (Lipinski definition) is 1. The normalized spacial score (nSPS) is 12.2. The molecule has 0 saturated heterocycles. The number of hydrogen-bond acceptors (Lipinski definition) is 3. The maximum Gasteiger partial charge on any atom is 0.145 e. The van der Waals surface area contributed by atoms with Crippen molar-refractivity contribution in [3.8, 4) is 11.5 Å². The molecule has 0 bridgehead atoms. The van der Waals surface area contributed by atoms with Crippen LogP contribution >= 0.6 is 15.9 Å². The van der Waals surface area contributed by atoms with E-state index >= 15 is 0 Å². The van der Waals surface area contributed by atoms with Gasteiger partial charge < -0.3 is 10.1 Å². The number of nitrogens with one attached hydrogen (secondary N) is 1. The lowest BCUT2D eigenvalue weighted by Crippen LogP contribution is -2.20. The lowest BCUT2D eigenvalue weighted by Gasteiger charge is -2.13. The van der Waals surface area contributed by atoms with E-state index in [-0.39, 0.29) is 6.04 Å². The van der Waals surface area contributed by atoms with Gasteiger partial charge in [-0.1, -0.05) is 22.9 Å². The first-order valence-corrected chi connectivity index (χ1v) is 8.02. The molecule has 1 aromatic carbocycles. The molecule has 21 heavy (non-hydrogen) atoms. The number of benzene rings is 1. The second-order valence-corrected chi connectivity index (χ2v) is 5.96. The van der Waals surface area contributed by atoms with E-state index in [9.17, 15) is 0 Å². The molecule has 0 saturated carbocycles. The van der Waals surface area contributed by atoms with Crippen molar-refractivity contribution >= 4 is 15.9 Å². The predicted octanol–water partition coefficient (Wildman–Crippen LogP) is 5.01. The topological polar surface area (TPSA) is 34.1 Å². The molecular weight excluding hydrogens is 328 g/mol. The van der Waals surface area contributed by atoms with Crippen molar-refractivity contribution in [2.24, 2.45) is 0 Å². The Hall–Kier alpha value is -1.39. The van der Waals surface area contributed by atoms with Crippen LogP contribution in [0.15, 0.2) is 41.0 Å². The van der Waals surface area contributed by atoms with Crippen molar-refractivity contribution in [2.75, 3.05) is 6.54 Å². The van der Waals surface area contributed by atoms with Crippen LogP contribution in [0.25, 0.3) is 0 Å².